The standard InChI is InChI=1S/C12H8BrClF3N3/c1-6-2-3-8(7(13)4-6)18-10-5-9(14)19-11(20-10)12(15,16)17/h2-5H,1H3,(H,18,19,20). The molecular weight excluding hydrogens is 359 g/mol. The Bertz CT molecular complexity index is 646. The SMILES string of the molecule is Cc1ccc(Nc2cc(Cl)nc(C(F)(F)F)n2)c(Br)c1. The van der Waals surface area contributed by atoms with E-state index in [0.717, 1.165) is 5.56 Å². The first-order valence-electron chi connectivity index (χ1n) is 5.40. The third kappa shape index (κ3) is 3.61. The molecule has 106 valence electrons. The van der Waals surface area contributed by atoms with Crippen LogP contribution >= 0.6 is 27.5 Å². The van der Waals surface area contributed by atoms with Gasteiger partial charge < -0.3 is 5.32 Å². The van der Waals surface area contributed by atoms with Gasteiger partial charge in [-0.1, -0.05) is 17.7 Å². The number of aryl methyl sites for hydroxylation is 1. The molecule has 0 spiro atoms. The highest BCUT2D eigenvalue weighted by Gasteiger charge is 2.35. The third-order valence-electron chi connectivity index (χ3n) is 2.34. The Labute approximate surface area is 126 Å². The molecule has 8 heteroatoms. The molecule has 2 rings (SSSR count). The van der Waals surface area contributed by atoms with Gasteiger partial charge in [0, 0.05) is 10.5 Å². The highest BCUT2D eigenvalue weighted by Crippen LogP contribution is 2.30. The summed E-state index contributed by atoms with van der Waals surface area (Å²) in [6.45, 7) is 1.90. The number of rotatable bonds is 2. The minimum atomic E-state index is -4.65. The van der Waals surface area contributed by atoms with Crippen molar-refractivity contribution in [1.82, 2.24) is 9.97 Å². The number of nitrogens with zero attached hydrogens (tertiary/aromatic N) is 2. The molecule has 0 saturated heterocycles. The van der Waals surface area contributed by atoms with E-state index >= 15 is 0 Å². The number of nitrogens with one attached hydrogen (secondary N) is 1. The highest BCUT2D eigenvalue weighted by molar-refractivity contribution is 9.10. The first kappa shape index (κ1) is 15.1. The van der Waals surface area contributed by atoms with E-state index in [0.29, 0.717) is 10.2 Å². The zero-order valence-electron chi connectivity index (χ0n) is 10.1. The molecule has 0 aliphatic rings. The van der Waals surface area contributed by atoms with E-state index in [1.54, 1.807) is 6.07 Å². The van der Waals surface area contributed by atoms with Gasteiger partial charge in [0.25, 0.3) is 0 Å². The molecule has 1 aromatic carbocycles. The summed E-state index contributed by atoms with van der Waals surface area (Å²) in [4.78, 5) is 6.57. The fourth-order valence-electron chi connectivity index (χ4n) is 1.47. The summed E-state index contributed by atoms with van der Waals surface area (Å²) in [5, 5.41) is 2.49. The van der Waals surface area contributed by atoms with Crippen LogP contribution < -0.4 is 5.32 Å². The van der Waals surface area contributed by atoms with Gasteiger partial charge in [-0.3, -0.25) is 0 Å². The lowest BCUT2D eigenvalue weighted by Gasteiger charge is -2.11. The van der Waals surface area contributed by atoms with Gasteiger partial charge in [0.05, 0.1) is 5.69 Å². The third-order valence-corrected chi connectivity index (χ3v) is 3.19. The molecule has 3 nitrogen and oxygen atoms in total. The zero-order valence-corrected chi connectivity index (χ0v) is 12.4. The topological polar surface area (TPSA) is 37.8 Å². The maximum atomic E-state index is 12.6. The van der Waals surface area contributed by atoms with E-state index in [9.17, 15) is 13.2 Å². The predicted molar refractivity (Wildman–Crippen MR) is 74.2 cm³/mol. The molecule has 0 atom stereocenters. The second kappa shape index (κ2) is 5.57. The Balaban J connectivity index is 2.36. The molecule has 2 aromatic rings. The number of aromatic nitrogens is 2. The summed E-state index contributed by atoms with van der Waals surface area (Å²) >= 11 is 8.90. The molecule has 0 bridgehead atoms. The zero-order chi connectivity index (χ0) is 14.9. The van der Waals surface area contributed by atoms with Crippen molar-refractivity contribution in [3.63, 3.8) is 0 Å². The Kier molecular flexibility index (Phi) is 4.19. The van der Waals surface area contributed by atoms with Crippen molar-refractivity contribution >= 4 is 39.0 Å². The van der Waals surface area contributed by atoms with Gasteiger partial charge in [0.15, 0.2) is 0 Å². The summed E-state index contributed by atoms with van der Waals surface area (Å²) in [7, 11) is 0. The van der Waals surface area contributed by atoms with Crippen LogP contribution in [0.25, 0.3) is 0 Å². The average Bonchev–Trinajstić information content (AvgIpc) is 2.31. The number of hydrogen-bond acceptors (Lipinski definition) is 3. The predicted octanol–water partition coefficient (Wildman–Crippen LogP) is 4.96. The van der Waals surface area contributed by atoms with E-state index in [4.69, 9.17) is 11.6 Å². The van der Waals surface area contributed by atoms with Crippen LogP contribution in [0.2, 0.25) is 5.15 Å². The lowest BCUT2D eigenvalue weighted by atomic mass is 10.2. The summed E-state index contributed by atoms with van der Waals surface area (Å²) in [6.07, 6.45) is -4.65. The van der Waals surface area contributed by atoms with Crippen LogP contribution in [0, 0.1) is 6.92 Å². The molecule has 20 heavy (non-hydrogen) atoms. The largest absolute Gasteiger partial charge is 0.451 e. The average molecular weight is 367 g/mol. The normalized spacial score (nSPS) is 11.5. The van der Waals surface area contributed by atoms with Gasteiger partial charge in [-0.25, -0.2) is 9.97 Å². The smallest absolute Gasteiger partial charge is 0.339 e. The molecule has 0 aliphatic heterocycles. The van der Waals surface area contributed by atoms with E-state index in [1.165, 1.54) is 6.07 Å². The van der Waals surface area contributed by atoms with Crippen molar-refractivity contribution in [3.8, 4) is 0 Å². The van der Waals surface area contributed by atoms with E-state index < -0.39 is 12.0 Å². The molecular formula is C12H8BrClF3N3. The number of alkyl halides is 3. The van der Waals surface area contributed by atoms with Gasteiger partial charge in [0.1, 0.15) is 11.0 Å². The summed E-state index contributed by atoms with van der Waals surface area (Å²) < 4.78 is 38.5. The summed E-state index contributed by atoms with van der Waals surface area (Å²) in [6, 6.07) is 6.60. The van der Waals surface area contributed by atoms with Crippen LogP contribution in [0.3, 0.4) is 0 Å². The monoisotopic (exact) mass is 365 g/mol. The van der Waals surface area contributed by atoms with Crippen LogP contribution in [0.15, 0.2) is 28.7 Å². The fourth-order valence-corrected chi connectivity index (χ4v) is 2.24. The Hall–Kier alpha value is -1.34. The molecule has 1 N–H and O–H groups in total. The molecule has 0 saturated carbocycles. The van der Waals surface area contributed by atoms with E-state index in [2.05, 4.69) is 31.2 Å². The van der Waals surface area contributed by atoms with Crippen molar-refractivity contribution in [2.24, 2.45) is 0 Å². The molecule has 0 unspecified atom stereocenters. The van der Waals surface area contributed by atoms with Crippen LogP contribution in [-0.2, 0) is 6.18 Å². The highest BCUT2D eigenvalue weighted by atomic mass is 79.9. The van der Waals surface area contributed by atoms with Crippen LogP contribution in [0.4, 0.5) is 24.7 Å². The van der Waals surface area contributed by atoms with E-state index in [-0.39, 0.29) is 11.0 Å². The van der Waals surface area contributed by atoms with Gasteiger partial charge in [-0.2, -0.15) is 13.2 Å². The van der Waals surface area contributed by atoms with Crippen LogP contribution in [0.5, 0.6) is 0 Å². The molecule has 1 aromatic heterocycles. The lowest BCUT2D eigenvalue weighted by Crippen LogP contribution is -2.12. The Morgan fingerprint density at radius 3 is 2.50 bits per heavy atom. The number of benzene rings is 1. The second-order valence-electron chi connectivity index (χ2n) is 4.01. The lowest BCUT2D eigenvalue weighted by molar-refractivity contribution is -0.144. The first-order chi connectivity index (χ1) is 9.25. The molecule has 0 radical (unpaired) electrons. The Morgan fingerprint density at radius 2 is 1.90 bits per heavy atom. The quantitative estimate of drug-likeness (QED) is 0.763. The van der Waals surface area contributed by atoms with Gasteiger partial charge in [-0.05, 0) is 40.5 Å². The maximum absolute atomic E-state index is 12.6. The minimum Gasteiger partial charge on any atom is -0.339 e. The fraction of sp³-hybridized carbons (Fsp3) is 0.167. The number of hydrogen-bond donors (Lipinski definition) is 1. The molecule has 0 aliphatic carbocycles. The summed E-state index contributed by atoms with van der Waals surface area (Å²) in [5.74, 6) is -1.31. The summed E-state index contributed by atoms with van der Waals surface area (Å²) in [5.41, 5.74) is 1.60. The first-order valence-corrected chi connectivity index (χ1v) is 6.58. The van der Waals surface area contributed by atoms with Crippen molar-refractivity contribution in [2.45, 2.75) is 13.1 Å². The second-order valence-corrected chi connectivity index (χ2v) is 5.25. The number of anilines is 2. The van der Waals surface area contributed by atoms with E-state index in [1.807, 2.05) is 19.1 Å². The molecule has 0 fully saturated rings. The van der Waals surface area contributed by atoms with Crippen molar-refractivity contribution in [3.05, 3.63) is 45.3 Å². The van der Waals surface area contributed by atoms with Crippen LogP contribution in [-0.4, -0.2) is 9.97 Å². The van der Waals surface area contributed by atoms with Crippen LogP contribution in [0.1, 0.15) is 11.4 Å². The van der Waals surface area contributed by atoms with Crippen molar-refractivity contribution < 1.29 is 13.2 Å². The maximum Gasteiger partial charge on any atom is 0.451 e. The van der Waals surface area contributed by atoms with Gasteiger partial charge in [0.2, 0.25) is 5.82 Å². The van der Waals surface area contributed by atoms with Crippen molar-refractivity contribution in [1.29, 1.82) is 0 Å². The minimum absolute atomic E-state index is 0.0260. The van der Waals surface area contributed by atoms with Gasteiger partial charge >= 0.3 is 6.18 Å². The van der Waals surface area contributed by atoms with Gasteiger partial charge in [-0.15, -0.1) is 0 Å². The molecule has 1 heterocycles. The van der Waals surface area contributed by atoms with Crippen molar-refractivity contribution in [2.75, 3.05) is 5.32 Å². The molecule has 0 amide bonds. The Morgan fingerprint density at radius 1 is 1.20 bits per heavy atom. The number of halogens is 5.